The molecule has 5 rings (SSSR count). The fourth-order valence-corrected chi connectivity index (χ4v) is 4.17. The third-order valence-electron chi connectivity index (χ3n) is 6.19. The van der Waals surface area contributed by atoms with Crippen molar-refractivity contribution in [2.75, 3.05) is 10.6 Å². The van der Waals surface area contributed by atoms with Crippen molar-refractivity contribution in [3.8, 4) is 5.69 Å². The van der Waals surface area contributed by atoms with Gasteiger partial charge in [0.05, 0.1) is 11.4 Å². The molecule has 5 aromatic rings. The van der Waals surface area contributed by atoms with Crippen LogP contribution in [0.2, 0.25) is 0 Å². The van der Waals surface area contributed by atoms with Crippen LogP contribution in [0, 0.1) is 6.92 Å². The number of aromatic nitrogens is 2. The standard InChI is InChI=1S/C29H24N4O3/c1-19-26(29(36)33(32(19)2)25-13-4-3-5-14-25)31-28(35)22-11-8-12-24(18-22)30-27(34)23-16-15-20-9-6-7-10-21(20)17-23/h3-18H,1-2H3,(H,30,34)(H,31,35). The number of para-hydroxylation sites is 1. The highest BCUT2D eigenvalue weighted by Gasteiger charge is 2.19. The van der Waals surface area contributed by atoms with Crippen molar-refractivity contribution in [3.63, 3.8) is 0 Å². The van der Waals surface area contributed by atoms with Gasteiger partial charge in [-0.1, -0.05) is 54.6 Å². The Balaban J connectivity index is 1.36. The summed E-state index contributed by atoms with van der Waals surface area (Å²) in [6, 6.07) is 29.2. The largest absolute Gasteiger partial charge is 0.322 e. The molecule has 7 nitrogen and oxygen atoms in total. The molecule has 0 aliphatic heterocycles. The van der Waals surface area contributed by atoms with Crippen LogP contribution in [0.15, 0.2) is 102 Å². The molecule has 0 spiro atoms. The van der Waals surface area contributed by atoms with Gasteiger partial charge in [0.1, 0.15) is 5.69 Å². The molecule has 1 aromatic heterocycles. The van der Waals surface area contributed by atoms with Crippen molar-refractivity contribution in [2.24, 2.45) is 7.05 Å². The molecule has 4 aromatic carbocycles. The first-order chi connectivity index (χ1) is 17.4. The molecular formula is C29H24N4O3. The zero-order valence-electron chi connectivity index (χ0n) is 19.9. The fraction of sp³-hybridized carbons (Fsp3) is 0.0690. The number of hydrogen-bond donors (Lipinski definition) is 2. The highest BCUT2D eigenvalue weighted by Crippen LogP contribution is 2.19. The maximum atomic E-state index is 13.1. The van der Waals surface area contributed by atoms with Gasteiger partial charge in [0.25, 0.3) is 17.4 Å². The van der Waals surface area contributed by atoms with E-state index in [4.69, 9.17) is 0 Å². The molecule has 0 fully saturated rings. The number of hydrogen-bond acceptors (Lipinski definition) is 3. The summed E-state index contributed by atoms with van der Waals surface area (Å²) in [4.78, 5) is 39.0. The lowest BCUT2D eigenvalue weighted by molar-refractivity contribution is 0.101. The number of nitrogens with one attached hydrogen (secondary N) is 2. The molecule has 0 saturated carbocycles. The van der Waals surface area contributed by atoms with Crippen molar-refractivity contribution >= 4 is 34.0 Å². The van der Waals surface area contributed by atoms with Gasteiger partial charge in [-0.25, -0.2) is 4.68 Å². The number of amides is 2. The smallest absolute Gasteiger partial charge is 0.295 e. The molecule has 0 bridgehead atoms. The first-order valence-corrected chi connectivity index (χ1v) is 11.5. The normalized spacial score (nSPS) is 10.8. The molecule has 0 aliphatic rings. The Kier molecular flexibility index (Phi) is 5.96. The number of fused-ring (bicyclic) bond motifs is 1. The van der Waals surface area contributed by atoms with Gasteiger partial charge < -0.3 is 10.6 Å². The second-order valence-electron chi connectivity index (χ2n) is 8.49. The van der Waals surface area contributed by atoms with Gasteiger partial charge in [-0.2, -0.15) is 0 Å². The van der Waals surface area contributed by atoms with E-state index in [1.807, 2.05) is 66.7 Å². The van der Waals surface area contributed by atoms with Crippen LogP contribution in [0.5, 0.6) is 0 Å². The molecule has 0 radical (unpaired) electrons. The van der Waals surface area contributed by atoms with Gasteiger partial charge in [-0.05, 0) is 60.2 Å². The van der Waals surface area contributed by atoms with E-state index >= 15 is 0 Å². The fourth-order valence-electron chi connectivity index (χ4n) is 4.17. The predicted octanol–water partition coefficient (Wildman–Crippen LogP) is 5.14. The molecule has 36 heavy (non-hydrogen) atoms. The lowest BCUT2D eigenvalue weighted by Crippen LogP contribution is -2.23. The second-order valence-corrected chi connectivity index (χ2v) is 8.49. The van der Waals surface area contributed by atoms with Crippen LogP contribution in [0.4, 0.5) is 11.4 Å². The minimum atomic E-state index is -0.442. The average Bonchev–Trinajstić information content (AvgIpc) is 3.11. The van der Waals surface area contributed by atoms with Gasteiger partial charge in [0, 0.05) is 23.9 Å². The van der Waals surface area contributed by atoms with Gasteiger partial charge in [-0.3, -0.25) is 19.1 Å². The molecule has 0 atom stereocenters. The minimum Gasteiger partial charge on any atom is -0.322 e. The van der Waals surface area contributed by atoms with E-state index in [1.165, 1.54) is 4.68 Å². The van der Waals surface area contributed by atoms with E-state index in [0.29, 0.717) is 28.2 Å². The molecule has 178 valence electrons. The third-order valence-corrected chi connectivity index (χ3v) is 6.19. The van der Waals surface area contributed by atoms with Crippen LogP contribution in [0.25, 0.3) is 16.5 Å². The molecule has 0 aliphatic carbocycles. The van der Waals surface area contributed by atoms with Crippen molar-refractivity contribution < 1.29 is 9.59 Å². The molecular weight excluding hydrogens is 452 g/mol. The van der Waals surface area contributed by atoms with Crippen LogP contribution in [-0.4, -0.2) is 21.2 Å². The summed E-state index contributed by atoms with van der Waals surface area (Å²) < 4.78 is 3.21. The third kappa shape index (κ3) is 4.30. The Morgan fingerprint density at radius 2 is 1.36 bits per heavy atom. The van der Waals surface area contributed by atoms with Gasteiger partial charge in [0.2, 0.25) is 0 Å². The zero-order valence-corrected chi connectivity index (χ0v) is 19.9. The van der Waals surface area contributed by atoms with E-state index in [-0.39, 0.29) is 17.2 Å². The second kappa shape index (κ2) is 9.38. The topological polar surface area (TPSA) is 85.1 Å². The van der Waals surface area contributed by atoms with Gasteiger partial charge in [0.15, 0.2) is 0 Å². The van der Waals surface area contributed by atoms with Crippen LogP contribution in [0.3, 0.4) is 0 Å². The summed E-state index contributed by atoms with van der Waals surface area (Å²) in [5.74, 6) is -0.717. The molecule has 2 N–H and O–H groups in total. The summed E-state index contributed by atoms with van der Waals surface area (Å²) >= 11 is 0. The van der Waals surface area contributed by atoms with Gasteiger partial charge >= 0.3 is 0 Å². The number of carbonyl (C=O) groups is 2. The quantitative estimate of drug-likeness (QED) is 0.368. The number of carbonyl (C=O) groups excluding carboxylic acids is 2. The van der Waals surface area contributed by atoms with Crippen LogP contribution >= 0.6 is 0 Å². The van der Waals surface area contributed by atoms with Crippen LogP contribution in [-0.2, 0) is 7.05 Å². The number of rotatable bonds is 5. The van der Waals surface area contributed by atoms with Crippen molar-refractivity contribution in [1.29, 1.82) is 0 Å². The Bertz CT molecular complexity index is 1670. The highest BCUT2D eigenvalue weighted by molar-refractivity contribution is 6.08. The van der Waals surface area contributed by atoms with Gasteiger partial charge in [-0.15, -0.1) is 0 Å². The van der Waals surface area contributed by atoms with Crippen molar-refractivity contribution in [3.05, 3.63) is 124 Å². The van der Waals surface area contributed by atoms with E-state index in [1.54, 1.807) is 49.0 Å². The molecule has 1 heterocycles. The van der Waals surface area contributed by atoms with E-state index in [2.05, 4.69) is 10.6 Å². The lowest BCUT2D eigenvalue weighted by Gasteiger charge is -2.09. The van der Waals surface area contributed by atoms with E-state index in [9.17, 15) is 14.4 Å². The summed E-state index contributed by atoms with van der Waals surface area (Å²) in [6.45, 7) is 1.77. The van der Waals surface area contributed by atoms with Crippen LogP contribution < -0.4 is 16.2 Å². The summed E-state index contributed by atoms with van der Waals surface area (Å²) in [7, 11) is 1.77. The average molecular weight is 477 g/mol. The number of benzene rings is 4. The minimum absolute atomic E-state index is 0.206. The molecule has 0 saturated heterocycles. The van der Waals surface area contributed by atoms with E-state index < -0.39 is 5.91 Å². The summed E-state index contributed by atoms with van der Waals surface area (Å²) in [5.41, 5.74) is 2.52. The lowest BCUT2D eigenvalue weighted by atomic mass is 10.1. The maximum Gasteiger partial charge on any atom is 0.295 e. The summed E-state index contributed by atoms with van der Waals surface area (Å²) in [5, 5.41) is 7.62. The number of anilines is 2. The first kappa shape index (κ1) is 22.9. The number of nitrogens with zero attached hydrogens (tertiary/aromatic N) is 2. The monoisotopic (exact) mass is 476 g/mol. The Hall–Kier alpha value is -4.91. The molecule has 0 unspecified atom stereocenters. The molecule has 2 amide bonds. The van der Waals surface area contributed by atoms with E-state index in [0.717, 1.165) is 10.8 Å². The van der Waals surface area contributed by atoms with Crippen LogP contribution in [0.1, 0.15) is 26.4 Å². The highest BCUT2D eigenvalue weighted by atomic mass is 16.2. The predicted molar refractivity (Wildman–Crippen MR) is 142 cm³/mol. The Morgan fingerprint density at radius 1 is 0.694 bits per heavy atom. The Labute approximate surface area is 207 Å². The molecule has 7 heteroatoms. The SMILES string of the molecule is Cc1c(NC(=O)c2cccc(NC(=O)c3ccc4ccccc4c3)c2)c(=O)n(-c2ccccc2)n1C. The van der Waals surface area contributed by atoms with Crippen molar-refractivity contribution in [1.82, 2.24) is 9.36 Å². The first-order valence-electron chi connectivity index (χ1n) is 11.5. The Morgan fingerprint density at radius 3 is 2.14 bits per heavy atom. The summed E-state index contributed by atoms with van der Waals surface area (Å²) in [6.07, 6.45) is 0. The van der Waals surface area contributed by atoms with Crippen molar-refractivity contribution in [2.45, 2.75) is 6.92 Å². The maximum absolute atomic E-state index is 13.1. The zero-order chi connectivity index (χ0) is 25.2.